The molecule has 0 bridgehead atoms. The summed E-state index contributed by atoms with van der Waals surface area (Å²) in [6, 6.07) is 8.51. The van der Waals surface area contributed by atoms with Crippen molar-refractivity contribution >= 4 is 56.2 Å². The maximum absolute atomic E-state index is 6.03. The smallest absolute Gasteiger partial charge is 0.143 e. The number of hydrogen-bond donors (Lipinski definition) is 0. The molecule has 0 N–H and O–H groups in total. The third-order valence-electron chi connectivity index (χ3n) is 5.53. The maximum atomic E-state index is 6.03. The van der Waals surface area contributed by atoms with Crippen LogP contribution in [0.2, 0.25) is 5.15 Å². The van der Waals surface area contributed by atoms with Crippen LogP contribution in [0.5, 0.6) is 0 Å². The number of pyridine rings is 1. The van der Waals surface area contributed by atoms with Gasteiger partial charge in [0.2, 0.25) is 0 Å². The summed E-state index contributed by atoms with van der Waals surface area (Å²) < 4.78 is 10.7. The lowest BCUT2D eigenvalue weighted by molar-refractivity contribution is 0.171. The molecule has 0 saturated carbocycles. The largest absolute Gasteiger partial charge is 0.385 e. The van der Waals surface area contributed by atoms with Crippen LogP contribution in [0.15, 0.2) is 39.8 Å². The van der Waals surface area contributed by atoms with Crippen LogP contribution in [-0.4, -0.2) is 35.3 Å². The van der Waals surface area contributed by atoms with Crippen LogP contribution in [0, 0.1) is 5.92 Å². The Morgan fingerprint density at radius 2 is 2.03 bits per heavy atom. The van der Waals surface area contributed by atoms with E-state index in [1.807, 2.05) is 13.1 Å². The Labute approximate surface area is 209 Å². The first-order valence-electron chi connectivity index (χ1n) is 10.9. The molecule has 2 heterocycles. The minimum absolute atomic E-state index is 0.0410. The maximum Gasteiger partial charge on any atom is 0.143 e. The number of benzene rings is 1. The Bertz CT molecular complexity index is 1070. The van der Waals surface area contributed by atoms with E-state index in [1.54, 1.807) is 25.3 Å². The van der Waals surface area contributed by atoms with Crippen molar-refractivity contribution in [3.05, 3.63) is 45.9 Å². The van der Waals surface area contributed by atoms with Gasteiger partial charge in [0.25, 0.3) is 0 Å². The molecule has 2 aromatic heterocycles. The van der Waals surface area contributed by atoms with Gasteiger partial charge in [-0.3, -0.25) is 0 Å². The molecule has 0 saturated heterocycles. The Morgan fingerprint density at radius 1 is 1.28 bits per heavy atom. The second-order valence-electron chi connectivity index (χ2n) is 9.06. The summed E-state index contributed by atoms with van der Waals surface area (Å²) >= 11 is 11.1. The first-order valence-corrected chi connectivity index (χ1v) is 12.8. The van der Waals surface area contributed by atoms with Gasteiger partial charge in [-0.05, 0) is 64.5 Å². The van der Waals surface area contributed by atoms with Crippen LogP contribution in [0.1, 0.15) is 46.4 Å². The van der Waals surface area contributed by atoms with E-state index in [-0.39, 0.29) is 5.41 Å². The SMILES string of the molecule is CCC(CCOC)Cn1c(C(C)(C)C)nc2cc(N(C)Sc3cnc(Cl)c(Br)c3)ccc21. The van der Waals surface area contributed by atoms with Gasteiger partial charge < -0.3 is 13.6 Å². The highest BCUT2D eigenvalue weighted by Gasteiger charge is 2.24. The normalized spacial score (nSPS) is 13.0. The molecule has 0 spiro atoms. The molecule has 0 aliphatic heterocycles. The third-order valence-corrected chi connectivity index (χ3v) is 7.58. The lowest BCUT2D eigenvalue weighted by atomic mass is 9.95. The van der Waals surface area contributed by atoms with Crippen LogP contribution in [-0.2, 0) is 16.7 Å². The molecule has 3 rings (SSSR count). The molecule has 0 aliphatic carbocycles. The standard InChI is InChI=1S/C24H32BrClN4OS/c1-7-16(10-11-31-6)15-30-21-9-8-17(12-20(21)28-23(30)24(2,3)4)29(5)32-18-13-19(25)22(26)27-14-18/h8-9,12-14,16H,7,10-11,15H2,1-6H3. The molecule has 1 aromatic carbocycles. The quantitative estimate of drug-likeness (QED) is 0.210. The van der Waals surface area contributed by atoms with Crippen molar-refractivity contribution in [2.24, 2.45) is 5.92 Å². The van der Waals surface area contributed by atoms with E-state index in [2.05, 4.69) is 75.7 Å². The average molecular weight is 540 g/mol. The Morgan fingerprint density at radius 3 is 2.66 bits per heavy atom. The molecule has 32 heavy (non-hydrogen) atoms. The summed E-state index contributed by atoms with van der Waals surface area (Å²) in [6.07, 6.45) is 3.96. The highest BCUT2D eigenvalue weighted by molar-refractivity contribution is 9.10. The van der Waals surface area contributed by atoms with Gasteiger partial charge in [-0.25, -0.2) is 9.97 Å². The van der Waals surface area contributed by atoms with Crippen molar-refractivity contribution in [1.82, 2.24) is 14.5 Å². The fourth-order valence-electron chi connectivity index (χ4n) is 3.70. The molecule has 0 aliphatic rings. The molecule has 0 amide bonds. The second-order valence-corrected chi connectivity index (χ2v) is 11.5. The molecule has 0 radical (unpaired) electrons. The first kappa shape index (κ1) is 25.3. The molecule has 174 valence electrons. The van der Waals surface area contributed by atoms with E-state index in [4.69, 9.17) is 21.3 Å². The third kappa shape index (κ3) is 5.99. The van der Waals surface area contributed by atoms with E-state index >= 15 is 0 Å². The van der Waals surface area contributed by atoms with Gasteiger partial charge in [0.15, 0.2) is 0 Å². The Hall–Kier alpha value is -1.28. The molecule has 1 atom stereocenters. The van der Waals surface area contributed by atoms with Crippen molar-refractivity contribution < 1.29 is 4.74 Å². The van der Waals surface area contributed by atoms with E-state index < -0.39 is 0 Å². The summed E-state index contributed by atoms with van der Waals surface area (Å²) in [5, 5.41) is 0.467. The number of halogens is 2. The Balaban J connectivity index is 1.93. The zero-order chi connectivity index (χ0) is 23.5. The van der Waals surface area contributed by atoms with Gasteiger partial charge in [0, 0.05) is 49.5 Å². The lowest BCUT2D eigenvalue weighted by Gasteiger charge is -2.23. The molecule has 3 aromatic rings. The molecule has 8 heteroatoms. The minimum Gasteiger partial charge on any atom is -0.385 e. The first-order chi connectivity index (χ1) is 15.1. The van der Waals surface area contributed by atoms with Gasteiger partial charge in [0.05, 0.1) is 15.5 Å². The van der Waals surface area contributed by atoms with Gasteiger partial charge >= 0.3 is 0 Å². The average Bonchev–Trinajstić information content (AvgIpc) is 3.11. The van der Waals surface area contributed by atoms with E-state index in [9.17, 15) is 0 Å². The molecular formula is C24H32BrClN4OS. The zero-order valence-corrected chi connectivity index (χ0v) is 22.8. The number of hydrogen-bond acceptors (Lipinski definition) is 5. The molecule has 1 unspecified atom stereocenters. The number of fused-ring (bicyclic) bond motifs is 1. The summed E-state index contributed by atoms with van der Waals surface area (Å²) in [4.78, 5) is 10.3. The van der Waals surface area contributed by atoms with E-state index in [0.29, 0.717) is 11.1 Å². The van der Waals surface area contributed by atoms with Crippen molar-refractivity contribution in [2.75, 3.05) is 25.1 Å². The number of imidazole rings is 1. The van der Waals surface area contributed by atoms with Crippen LogP contribution in [0.25, 0.3) is 11.0 Å². The summed E-state index contributed by atoms with van der Waals surface area (Å²) in [6.45, 7) is 10.7. The molecular weight excluding hydrogens is 508 g/mol. The van der Waals surface area contributed by atoms with Gasteiger partial charge in [0.1, 0.15) is 11.0 Å². The fraction of sp³-hybridized carbons (Fsp3) is 0.500. The van der Waals surface area contributed by atoms with Crippen LogP contribution < -0.4 is 4.31 Å². The van der Waals surface area contributed by atoms with Gasteiger partial charge in [-0.15, -0.1) is 0 Å². The number of anilines is 1. The fourth-order valence-corrected chi connectivity index (χ4v) is 5.11. The number of rotatable bonds is 9. The van der Waals surface area contributed by atoms with E-state index in [1.165, 1.54) is 5.52 Å². The molecule has 5 nitrogen and oxygen atoms in total. The molecule has 0 fully saturated rings. The van der Waals surface area contributed by atoms with Gasteiger partial charge in [-0.2, -0.15) is 0 Å². The second kappa shape index (κ2) is 10.8. The number of nitrogens with zero attached hydrogens (tertiary/aromatic N) is 4. The van der Waals surface area contributed by atoms with Crippen molar-refractivity contribution in [1.29, 1.82) is 0 Å². The predicted octanol–water partition coefficient (Wildman–Crippen LogP) is 7.35. The Kier molecular flexibility index (Phi) is 8.53. The van der Waals surface area contributed by atoms with Crippen molar-refractivity contribution in [3.8, 4) is 0 Å². The highest BCUT2D eigenvalue weighted by Crippen LogP contribution is 2.34. The van der Waals surface area contributed by atoms with Crippen LogP contribution in [0.3, 0.4) is 0 Å². The van der Waals surface area contributed by atoms with Crippen LogP contribution >= 0.6 is 39.5 Å². The minimum atomic E-state index is -0.0410. The van der Waals surface area contributed by atoms with E-state index in [0.717, 1.165) is 52.4 Å². The zero-order valence-electron chi connectivity index (χ0n) is 19.7. The van der Waals surface area contributed by atoms with Crippen LogP contribution in [0.4, 0.5) is 5.69 Å². The van der Waals surface area contributed by atoms with Crippen molar-refractivity contribution in [2.45, 2.75) is 57.4 Å². The summed E-state index contributed by atoms with van der Waals surface area (Å²) in [5.74, 6) is 1.68. The highest BCUT2D eigenvalue weighted by atomic mass is 79.9. The predicted molar refractivity (Wildman–Crippen MR) is 140 cm³/mol. The topological polar surface area (TPSA) is 43.2 Å². The lowest BCUT2D eigenvalue weighted by Crippen LogP contribution is -2.22. The monoisotopic (exact) mass is 538 g/mol. The number of aromatic nitrogens is 3. The van der Waals surface area contributed by atoms with Gasteiger partial charge in [-0.1, -0.05) is 45.7 Å². The number of ether oxygens (including phenoxy) is 1. The summed E-state index contributed by atoms with van der Waals surface area (Å²) in [7, 11) is 3.82. The van der Waals surface area contributed by atoms with Crippen molar-refractivity contribution in [3.63, 3.8) is 0 Å². The number of methoxy groups -OCH3 is 1. The summed E-state index contributed by atoms with van der Waals surface area (Å²) in [5.41, 5.74) is 3.26.